The van der Waals surface area contributed by atoms with E-state index in [4.69, 9.17) is 9.47 Å². The molecule has 6 heteroatoms. The molecule has 0 radical (unpaired) electrons. The molecular formula is C14H25NO5. The third-order valence-electron chi connectivity index (χ3n) is 2.72. The first kappa shape index (κ1) is 16.8. The molecule has 1 aliphatic heterocycles. The third-order valence-corrected chi connectivity index (χ3v) is 2.72. The summed E-state index contributed by atoms with van der Waals surface area (Å²) in [5.74, 6) is -0.800. The van der Waals surface area contributed by atoms with Gasteiger partial charge in [-0.2, -0.15) is 0 Å². The van der Waals surface area contributed by atoms with Gasteiger partial charge < -0.3 is 14.6 Å². The first-order valence-electron chi connectivity index (χ1n) is 6.78. The Balaban J connectivity index is 2.74. The molecule has 116 valence electrons. The van der Waals surface area contributed by atoms with Gasteiger partial charge in [-0.05, 0) is 41.5 Å². The Labute approximate surface area is 120 Å². The number of ether oxygens (including phenoxy) is 2. The van der Waals surface area contributed by atoms with Crippen molar-refractivity contribution in [3.05, 3.63) is 0 Å². The minimum absolute atomic E-state index is 0.163. The fourth-order valence-corrected chi connectivity index (χ4v) is 1.93. The van der Waals surface area contributed by atoms with Gasteiger partial charge >= 0.3 is 12.1 Å². The van der Waals surface area contributed by atoms with Crippen LogP contribution in [0.25, 0.3) is 0 Å². The SMILES string of the molecule is CC(C)(C)OC(=O)[C@H]1[C@H](CO)CN1C(=O)OC(C)(C)C. The molecule has 1 heterocycles. The van der Waals surface area contributed by atoms with Crippen LogP contribution in [0.1, 0.15) is 41.5 Å². The van der Waals surface area contributed by atoms with Crippen LogP contribution in [0, 0.1) is 5.92 Å². The van der Waals surface area contributed by atoms with Crippen molar-refractivity contribution in [2.75, 3.05) is 13.2 Å². The maximum atomic E-state index is 12.1. The summed E-state index contributed by atoms with van der Waals surface area (Å²) in [7, 11) is 0. The minimum atomic E-state index is -0.769. The predicted molar refractivity (Wildman–Crippen MR) is 73.1 cm³/mol. The smallest absolute Gasteiger partial charge is 0.411 e. The van der Waals surface area contributed by atoms with Crippen LogP contribution in [0.2, 0.25) is 0 Å². The van der Waals surface area contributed by atoms with Gasteiger partial charge in [0.1, 0.15) is 17.2 Å². The monoisotopic (exact) mass is 287 g/mol. The van der Waals surface area contributed by atoms with Gasteiger partial charge in [-0.1, -0.05) is 0 Å². The van der Waals surface area contributed by atoms with E-state index in [9.17, 15) is 14.7 Å². The van der Waals surface area contributed by atoms with Gasteiger partial charge in [0.25, 0.3) is 0 Å². The summed E-state index contributed by atoms with van der Waals surface area (Å²) in [6.45, 7) is 10.7. The van der Waals surface area contributed by atoms with Crippen LogP contribution in [0.5, 0.6) is 0 Å². The van der Waals surface area contributed by atoms with Crippen molar-refractivity contribution < 1.29 is 24.2 Å². The number of carbonyl (C=O) groups is 2. The van der Waals surface area contributed by atoms with Crippen molar-refractivity contribution in [3.8, 4) is 0 Å². The molecule has 2 atom stereocenters. The average molecular weight is 287 g/mol. The number of carbonyl (C=O) groups excluding carboxylic acids is 2. The first-order valence-corrected chi connectivity index (χ1v) is 6.78. The highest BCUT2D eigenvalue weighted by atomic mass is 16.6. The average Bonchev–Trinajstić information content (AvgIpc) is 2.09. The summed E-state index contributed by atoms with van der Waals surface area (Å²) in [5.41, 5.74) is -1.26. The third kappa shape index (κ3) is 4.37. The second-order valence-electron chi connectivity index (χ2n) is 7.05. The topological polar surface area (TPSA) is 76.1 Å². The number of hydrogen-bond donors (Lipinski definition) is 1. The van der Waals surface area contributed by atoms with Crippen molar-refractivity contribution >= 4 is 12.1 Å². The summed E-state index contributed by atoms with van der Waals surface area (Å²) in [5, 5.41) is 9.25. The van der Waals surface area contributed by atoms with Gasteiger partial charge in [0.05, 0.1) is 6.61 Å². The van der Waals surface area contributed by atoms with E-state index in [0.29, 0.717) is 6.54 Å². The van der Waals surface area contributed by atoms with E-state index < -0.39 is 29.3 Å². The van der Waals surface area contributed by atoms with Crippen LogP contribution in [0.4, 0.5) is 4.79 Å². The number of hydrogen-bond acceptors (Lipinski definition) is 5. The second kappa shape index (κ2) is 5.60. The van der Waals surface area contributed by atoms with Gasteiger partial charge in [-0.3, -0.25) is 4.90 Å². The Kier molecular flexibility index (Phi) is 4.69. The number of aliphatic hydroxyl groups is 1. The molecule has 1 aliphatic rings. The number of nitrogens with zero attached hydrogens (tertiary/aromatic N) is 1. The lowest BCUT2D eigenvalue weighted by molar-refractivity contribution is -0.172. The summed E-state index contributed by atoms with van der Waals surface area (Å²) in [6, 6.07) is -0.769. The number of amides is 1. The van der Waals surface area contributed by atoms with Crippen LogP contribution < -0.4 is 0 Å². The molecule has 0 saturated carbocycles. The van der Waals surface area contributed by atoms with Gasteiger partial charge in [0.2, 0.25) is 0 Å². The van der Waals surface area contributed by atoms with Crippen molar-refractivity contribution in [1.82, 2.24) is 4.90 Å². The van der Waals surface area contributed by atoms with Gasteiger partial charge in [-0.15, -0.1) is 0 Å². The molecule has 0 aromatic heterocycles. The summed E-state index contributed by atoms with van der Waals surface area (Å²) < 4.78 is 10.5. The van der Waals surface area contributed by atoms with E-state index in [1.165, 1.54) is 4.90 Å². The Hall–Kier alpha value is -1.30. The highest BCUT2D eigenvalue weighted by Gasteiger charge is 2.49. The zero-order valence-electron chi connectivity index (χ0n) is 13.1. The molecule has 0 spiro atoms. The molecule has 0 aromatic rings. The molecule has 1 fully saturated rings. The molecular weight excluding hydrogens is 262 g/mol. The molecule has 0 bridgehead atoms. The van der Waals surface area contributed by atoms with Crippen molar-refractivity contribution in [3.63, 3.8) is 0 Å². The zero-order valence-corrected chi connectivity index (χ0v) is 13.1. The molecule has 1 rings (SSSR count). The van der Waals surface area contributed by atoms with Gasteiger partial charge in [0, 0.05) is 12.5 Å². The van der Waals surface area contributed by atoms with Gasteiger partial charge in [-0.25, -0.2) is 9.59 Å². The lowest BCUT2D eigenvalue weighted by atomic mass is 9.89. The zero-order chi connectivity index (χ0) is 15.7. The molecule has 1 amide bonds. The van der Waals surface area contributed by atoms with Crippen molar-refractivity contribution in [2.24, 2.45) is 5.92 Å². The molecule has 20 heavy (non-hydrogen) atoms. The van der Waals surface area contributed by atoms with Gasteiger partial charge in [0.15, 0.2) is 0 Å². The van der Waals surface area contributed by atoms with E-state index in [-0.39, 0.29) is 12.5 Å². The van der Waals surface area contributed by atoms with E-state index in [1.54, 1.807) is 41.5 Å². The Morgan fingerprint density at radius 1 is 1.10 bits per heavy atom. The fraction of sp³-hybridized carbons (Fsp3) is 0.857. The Morgan fingerprint density at radius 2 is 1.60 bits per heavy atom. The minimum Gasteiger partial charge on any atom is -0.458 e. The maximum absolute atomic E-state index is 12.1. The fourth-order valence-electron chi connectivity index (χ4n) is 1.93. The first-order chi connectivity index (χ1) is 8.94. The second-order valence-corrected chi connectivity index (χ2v) is 7.05. The normalized spacial score (nSPS) is 23.1. The molecule has 0 aliphatic carbocycles. The number of aliphatic hydroxyl groups excluding tert-OH is 1. The largest absolute Gasteiger partial charge is 0.458 e. The van der Waals surface area contributed by atoms with E-state index >= 15 is 0 Å². The molecule has 0 aromatic carbocycles. The highest BCUT2D eigenvalue weighted by Crippen LogP contribution is 2.29. The number of rotatable bonds is 2. The molecule has 6 nitrogen and oxygen atoms in total. The molecule has 1 N–H and O–H groups in total. The standard InChI is InChI=1S/C14H25NO5/c1-13(2,3)19-11(17)10-9(8-16)7-15(10)12(18)20-14(4,5)6/h9-10,16H,7-8H2,1-6H3/t9-,10+/m0/s1. The van der Waals surface area contributed by atoms with Crippen LogP contribution in [0.15, 0.2) is 0 Å². The van der Waals surface area contributed by atoms with Crippen LogP contribution in [-0.2, 0) is 14.3 Å². The van der Waals surface area contributed by atoms with Crippen LogP contribution in [0.3, 0.4) is 0 Å². The lowest BCUT2D eigenvalue weighted by Crippen LogP contribution is -2.64. The van der Waals surface area contributed by atoms with Crippen molar-refractivity contribution in [1.29, 1.82) is 0 Å². The lowest BCUT2D eigenvalue weighted by Gasteiger charge is -2.46. The van der Waals surface area contributed by atoms with Crippen LogP contribution in [-0.4, -0.2) is 52.5 Å². The van der Waals surface area contributed by atoms with Crippen LogP contribution >= 0.6 is 0 Å². The number of esters is 1. The van der Waals surface area contributed by atoms with Crippen molar-refractivity contribution in [2.45, 2.75) is 58.8 Å². The quantitative estimate of drug-likeness (QED) is 0.780. The maximum Gasteiger partial charge on any atom is 0.411 e. The Morgan fingerprint density at radius 3 is 2.00 bits per heavy atom. The molecule has 1 saturated heterocycles. The van der Waals surface area contributed by atoms with E-state index in [0.717, 1.165) is 0 Å². The van der Waals surface area contributed by atoms with E-state index in [2.05, 4.69) is 0 Å². The summed E-state index contributed by atoms with van der Waals surface area (Å²) >= 11 is 0. The highest BCUT2D eigenvalue weighted by molar-refractivity contribution is 5.84. The summed E-state index contributed by atoms with van der Waals surface area (Å²) in [4.78, 5) is 25.4. The summed E-state index contributed by atoms with van der Waals surface area (Å²) in [6.07, 6.45) is -0.557. The van der Waals surface area contributed by atoms with E-state index in [1.807, 2.05) is 0 Å². The predicted octanol–water partition coefficient (Wildman–Crippen LogP) is 1.56. The number of likely N-dealkylation sites (tertiary alicyclic amines) is 1. The molecule has 0 unspecified atom stereocenters. The Bertz CT molecular complexity index is 380.